The summed E-state index contributed by atoms with van der Waals surface area (Å²) in [7, 11) is 0. The zero-order valence-corrected chi connectivity index (χ0v) is 10.2. The van der Waals surface area contributed by atoms with Crippen LogP contribution in [0.3, 0.4) is 0 Å². The number of hydrogen-bond acceptors (Lipinski definition) is 5. The van der Waals surface area contributed by atoms with Gasteiger partial charge < -0.3 is 20.9 Å². The van der Waals surface area contributed by atoms with Gasteiger partial charge in [0.05, 0.1) is 11.9 Å². The molecule has 1 aliphatic heterocycles. The van der Waals surface area contributed by atoms with Crippen molar-refractivity contribution in [3.8, 4) is 0 Å². The molecule has 1 atom stereocenters. The Labute approximate surface area is 106 Å². The second-order valence-electron chi connectivity index (χ2n) is 4.50. The zero-order valence-electron chi connectivity index (χ0n) is 10.2. The van der Waals surface area contributed by atoms with Gasteiger partial charge >= 0.3 is 0 Å². The molecule has 0 amide bonds. The number of anilines is 1. The molecule has 0 radical (unpaired) electrons. The summed E-state index contributed by atoms with van der Waals surface area (Å²) in [5.41, 5.74) is 6.95. The smallest absolute Gasteiger partial charge is 0.188 e. The molecule has 18 heavy (non-hydrogen) atoms. The van der Waals surface area contributed by atoms with Crippen molar-refractivity contribution >= 4 is 11.5 Å². The summed E-state index contributed by atoms with van der Waals surface area (Å²) in [6.45, 7) is 2.18. The number of nitrogens with two attached hydrogens (primary N) is 1. The second-order valence-corrected chi connectivity index (χ2v) is 4.50. The quantitative estimate of drug-likeness (QED) is 0.311. The van der Waals surface area contributed by atoms with E-state index in [0.717, 1.165) is 31.6 Å². The lowest BCUT2D eigenvalue weighted by atomic mass is 10.1. The number of pyridine rings is 1. The maximum atomic E-state index is 8.93. The fraction of sp³-hybridized carbons (Fsp3) is 0.500. The third kappa shape index (κ3) is 2.70. The van der Waals surface area contributed by atoms with Crippen LogP contribution in [0.5, 0.6) is 0 Å². The molecule has 0 spiro atoms. The Hall–Kier alpha value is -1.82. The van der Waals surface area contributed by atoms with Crippen LogP contribution in [0.4, 0.5) is 5.69 Å². The lowest BCUT2D eigenvalue weighted by Crippen LogP contribution is -2.21. The molecule has 1 fully saturated rings. The van der Waals surface area contributed by atoms with Gasteiger partial charge in [0, 0.05) is 19.7 Å². The van der Waals surface area contributed by atoms with E-state index in [9.17, 15) is 0 Å². The van der Waals surface area contributed by atoms with Crippen LogP contribution < -0.4 is 10.6 Å². The predicted molar refractivity (Wildman–Crippen MR) is 68.8 cm³/mol. The lowest BCUT2D eigenvalue weighted by Gasteiger charge is -2.18. The standard InChI is InChI=1S/C12H18N4O2/c13-12(15-18)11-2-1-10(7-14-11)16-5-3-9(8-16)4-6-17/h1-2,7,9,17-18H,3-6,8H2,(H2,13,15). The number of aliphatic hydroxyl groups excluding tert-OH is 1. The molecule has 0 saturated carbocycles. The molecule has 0 bridgehead atoms. The normalized spacial score (nSPS) is 20.4. The van der Waals surface area contributed by atoms with Crippen LogP contribution in [0.25, 0.3) is 0 Å². The van der Waals surface area contributed by atoms with Crippen LogP contribution in [0, 0.1) is 5.92 Å². The van der Waals surface area contributed by atoms with Crippen molar-refractivity contribution in [2.75, 3.05) is 24.6 Å². The fourth-order valence-corrected chi connectivity index (χ4v) is 2.26. The van der Waals surface area contributed by atoms with Gasteiger partial charge in [0.1, 0.15) is 5.69 Å². The number of nitrogens with zero attached hydrogens (tertiary/aromatic N) is 3. The van der Waals surface area contributed by atoms with Gasteiger partial charge in [-0.3, -0.25) is 4.98 Å². The number of aliphatic hydroxyl groups is 1. The van der Waals surface area contributed by atoms with E-state index in [-0.39, 0.29) is 12.4 Å². The molecule has 98 valence electrons. The summed E-state index contributed by atoms with van der Waals surface area (Å²) in [5.74, 6) is 0.569. The number of rotatable bonds is 4. The highest BCUT2D eigenvalue weighted by atomic mass is 16.4. The Balaban J connectivity index is 2.02. The molecule has 2 heterocycles. The highest BCUT2D eigenvalue weighted by molar-refractivity contribution is 5.95. The van der Waals surface area contributed by atoms with Crippen LogP contribution in [-0.2, 0) is 0 Å². The van der Waals surface area contributed by atoms with E-state index in [0.29, 0.717) is 11.6 Å². The number of oxime groups is 1. The largest absolute Gasteiger partial charge is 0.409 e. The van der Waals surface area contributed by atoms with Crippen molar-refractivity contribution in [2.24, 2.45) is 16.8 Å². The summed E-state index contributed by atoms with van der Waals surface area (Å²) in [5, 5.41) is 20.4. The second kappa shape index (κ2) is 5.68. The molecule has 1 aromatic heterocycles. The van der Waals surface area contributed by atoms with Gasteiger partial charge in [-0.2, -0.15) is 0 Å². The van der Waals surface area contributed by atoms with Crippen LogP contribution in [0.15, 0.2) is 23.5 Å². The molecular formula is C12H18N4O2. The van der Waals surface area contributed by atoms with E-state index in [1.54, 1.807) is 12.3 Å². The molecule has 1 aromatic rings. The lowest BCUT2D eigenvalue weighted by molar-refractivity contribution is 0.263. The highest BCUT2D eigenvalue weighted by Gasteiger charge is 2.22. The maximum absolute atomic E-state index is 8.93. The van der Waals surface area contributed by atoms with Gasteiger partial charge in [0.15, 0.2) is 5.84 Å². The number of amidine groups is 1. The van der Waals surface area contributed by atoms with Crippen molar-refractivity contribution < 1.29 is 10.3 Å². The zero-order chi connectivity index (χ0) is 13.0. The van der Waals surface area contributed by atoms with Gasteiger partial charge in [-0.1, -0.05) is 5.16 Å². The molecule has 0 aromatic carbocycles. The molecule has 0 aliphatic carbocycles. The van der Waals surface area contributed by atoms with E-state index in [4.69, 9.17) is 16.0 Å². The summed E-state index contributed by atoms with van der Waals surface area (Å²) < 4.78 is 0. The molecular weight excluding hydrogens is 232 g/mol. The first-order chi connectivity index (χ1) is 8.74. The van der Waals surface area contributed by atoms with E-state index in [1.165, 1.54) is 0 Å². The van der Waals surface area contributed by atoms with Gasteiger partial charge in [-0.15, -0.1) is 0 Å². The Morgan fingerprint density at radius 2 is 2.39 bits per heavy atom. The van der Waals surface area contributed by atoms with Crippen LogP contribution >= 0.6 is 0 Å². The summed E-state index contributed by atoms with van der Waals surface area (Å²) in [6.07, 6.45) is 3.68. The minimum Gasteiger partial charge on any atom is -0.409 e. The van der Waals surface area contributed by atoms with Crippen molar-refractivity contribution in [2.45, 2.75) is 12.8 Å². The molecule has 1 unspecified atom stereocenters. The van der Waals surface area contributed by atoms with E-state index in [2.05, 4.69) is 15.0 Å². The van der Waals surface area contributed by atoms with Crippen LogP contribution in [0.2, 0.25) is 0 Å². The van der Waals surface area contributed by atoms with E-state index >= 15 is 0 Å². The van der Waals surface area contributed by atoms with Crippen LogP contribution in [-0.4, -0.2) is 40.8 Å². The minimum atomic E-state index is 0.0149. The third-order valence-electron chi connectivity index (χ3n) is 3.31. The molecule has 2 rings (SSSR count). The average molecular weight is 250 g/mol. The minimum absolute atomic E-state index is 0.0149. The molecule has 1 saturated heterocycles. The predicted octanol–water partition coefficient (Wildman–Crippen LogP) is 0.385. The van der Waals surface area contributed by atoms with Crippen molar-refractivity contribution in [3.63, 3.8) is 0 Å². The van der Waals surface area contributed by atoms with E-state index < -0.39 is 0 Å². The van der Waals surface area contributed by atoms with Gasteiger partial charge in [0.2, 0.25) is 0 Å². The van der Waals surface area contributed by atoms with Crippen molar-refractivity contribution in [3.05, 3.63) is 24.0 Å². The summed E-state index contributed by atoms with van der Waals surface area (Å²) in [6, 6.07) is 3.66. The summed E-state index contributed by atoms with van der Waals surface area (Å²) >= 11 is 0. The maximum Gasteiger partial charge on any atom is 0.188 e. The Morgan fingerprint density at radius 1 is 1.56 bits per heavy atom. The fourth-order valence-electron chi connectivity index (χ4n) is 2.26. The molecule has 1 aliphatic rings. The van der Waals surface area contributed by atoms with Crippen molar-refractivity contribution in [1.82, 2.24) is 4.98 Å². The first kappa shape index (κ1) is 12.6. The molecule has 6 heteroatoms. The number of aromatic nitrogens is 1. The Bertz CT molecular complexity index is 419. The third-order valence-corrected chi connectivity index (χ3v) is 3.31. The first-order valence-corrected chi connectivity index (χ1v) is 6.04. The van der Waals surface area contributed by atoms with Gasteiger partial charge in [-0.05, 0) is 30.9 Å². The topological polar surface area (TPSA) is 95.0 Å². The van der Waals surface area contributed by atoms with Crippen LogP contribution in [0.1, 0.15) is 18.5 Å². The molecule has 4 N–H and O–H groups in total. The Morgan fingerprint density at radius 3 is 3.00 bits per heavy atom. The van der Waals surface area contributed by atoms with Gasteiger partial charge in [0.25, 0.3) is 0 Å². The first-order valence-electron chi connectivity index (χ1n) is 6.04. The van der Waals surface area contributed by atoms with Gasteiger partial charge in [-0.25, -0.2) is 0 Å². The average Bonchev–Trinajstić information content (AvgIpc) is 2.87. The van der Waals surface area contributed by atoms with E-state index in [1.807, 2.05) is 6.07 Å². The monoisotopic (exact) mass is 250 g/mol. The number of hydrogen-bond donors (Lipinski definition) is 3. The molecule has 6 nitrogen and oxygen atoms in total. The van der Waals surface area contributed by atoms with Crippen molar-refractivity contribution in [1.29, 1.82) is 0 Å². The summed E-state index contributed by atoms with van der Waals surface area (Å²) in [4.78, 5) is 6.40. The Kier molecular flexibility index (Phi) is 3.99. The SMILES string of the molecule is N/C(=N/O)c1ccc(N2CCC(CCO)C2)cn1. The highest BCUT2D eigenvalue weighted by Crippen LogP contribution is 2.24.